The van der Waals surface area contributed by atoms with Crippen molar-refractivity contribution in [2.75, 3.05) is 5.32 Å². The van der Waals surface area contributed by atoms with Gasteiger partial charge in [0.15, 0.2) is 6.73 Å². The molecular weight excluding hydrogens is 413 g/mol. The molecule has 0 saturated heterocycles. The number of carbonyl (C=O) groups excluding carboxylic acids is 2. The molecule has 0 fully saturated rings. The first-order valence-electron chi connectivity index (χ1n) is 9.57. The van der Waals surface area contributed by atoms with Gasteiger partial charge in [0.05, 0.1) is 11.9 Å². The Balaban J connectivity index is 1.82. The number of esters is 1. The maximum absolute atomic E-state index is 13.8. The van der Waals surface area contributed by atoms with E-state index in [2.05, 4.69) is 26.8 Å². The molecule has 0 spiro atoms. The predicted octanol–water partition coefficient (Wildman–Crippen LogP) is 3.94. The molecule has 4 aromatic heterocycles. The number of carbonyl (C=O) groups is 2. The molecule has 0 bridgehead atoms. The minimum atomic E-state index is -0.609. The van der Waals surface area contributed by atoms with Gasteiger partial charge in [-0.25, -0.2) is 9.97 Å². The number of anilines is 1. The summed E-state index contributed by atoms with van der Waals surface area (Å²) in [6.45, 7) is 4.73. The van der Waals surface area contributed by atoms with Gasteiger partial charge in [-0.2, -0.15) is 4.39 Å². The van der Waals surface area contributed by atoms with Gasteiger partial charge in [-0.05, 0) is 29.8 Å². The van der Waals surface area contributed by atoms with Crippen molar-refractivity contribution >= 4 is 28.6 Å². The van der Waals surface area contributed by atoms with E-state index in [0.717, 1.165) is 16.5 Å². The zero-order valence-corrected chi connectivity index (χ0v) is 17.1. The summed E-state index contributed by atoms with van der Waals surface area (Å²) >= 11 is 0. The Labute approximate surface area is 182 Å². The molecule has 0 aliphatic heterocycles. The molecule has 4 aromatic rings. The number of ether oxygens (including phenoxy) is 1. The van der Waals surface area contributed by atoms with Crippen LogP contribution in [0.2, 0.25) is 0 Å². The highest BCUT2D eigenvalue weighted by Gasteiger charge is 2.15. The lowest BCUT2D eigenvalue weighted by atomic mass is 10.0. The molecule has 0 aliphatic rings. The minimum Gasteiger partial charge on any atom is -0.444 e. The summed E-state index contributed by atoms with van der Waals surface area (Å²) in [4.78, 5) is 35.2. The van der Waals surface area contributed by atoms with Gasteiger partial charge in [-0.15, -0.1) is 0 Å². The molecule has 1 N–H and O–H groups in total. The van der Waals surface area contributed by atoms with E-state index in [9.17, 15) is 14.0 Å². The largest absolute Gasteiger partial charge is 0.444 e. The third kappa shape index (κ3) is 4.36. The number of pyridine rings is 3. The van der Waals surface area contributed by atoms with Crippen molar-refractivity contribution in [2.24, 2.45) is 0 Å². The number of aromatic nitrogens is 4. The number of fused-ring (bicyclic) bond motifs is 1. The summed E-state index contributed by atoms with van der Waals surface area (Å²) < 4.78 is 20.6. The second-order valence-corrected chi connectivity index (χ2v) is 6.90. The third-order valence-corrected chi connectivity index (χ3v) is 4.68. The highest BCUT2D eigenvalue weighted by Crippen LogP contribution is 2.33. The molecule has 1 amide bonds. The number of amides is 1. The van der Waals surface area contributed by atoms with Gasteiger partial charge in [0, 0.05) is 59.9 Å². The van der Waals surface area contributed by atoms with Crippen molar-refractivity contribution in [1.82, 2.24) is 19.5 Å². The fraction of sp³-hybridized carbons (Fsp3) is 0.0870. The van der Waals surface area contributed by atoms with Crippen LogP contribution in [0.25, 0.3) is 33.3 Å². The van der Waals surface area contributed by atoms with Crippen molar-refractivity contribution in [1.29, 1.82) is 0 Å². The first kappa shape index (κ1) is 20.9. The van der Waals surface area contributed by atoms with E-state index in [-0.39, 0.29) is 12.6 Å². The van der Waals surface area contributed by atoms with Gasteiger partial charge in [0.1, 0.15) is 5.65 Å². The van der Waals surface area contributed by atoms with E-state index in [1.807, 2.05) is 6.07 Å². The van der Waals surface area contributed by atoms with Crippen molar-refractivity contribution in [3.8, 4) is 22.3 Å². The first-order chi connectivity index (χ1) is 15.4. The Bertz CT molecular complexity index is 1350. The Hall–Kier alpha value is -4.40. The van der Waals surface area contributed by atoms with Gasteiger partial charge in [0.25, 0.3) is 0 Å². The van der Waals surface area contributed by atoms with Crippen LogP contribution in [0.3, 0.4) is 0 Å². The second kappa shape index (κ2) is 8.76. The van der Waals surface area contributed by atoms with Crippen molar-refractivity contribution < 1.29 is 18.7 Å². The monoisotopic (exact) mass is 431 g/mol. The summed E-state index contributed by atoms with van der Waals surface area (Å²) in [6, 6.07) is 6.66. The molecule has 0 saturated carbocycles. The number of hydrogen-bond acceptors (Lipinski definition) is 6. The molecule has 160 valence electrons. The van der Waals surface area contributed by atoms with Crippen LogP contribution in [0.15, 0.2) is 67.9 Å². The lowest BCUT2D eigenvalue weighted by Crippen LogP contribution is -2.07. The quantitative estimate of drug-likeness (QED) is 0.282. The van der Waals surface area contributed by atoms with E-state index >= 15 is 0 Å². The predicted molar refractivity (Wildman–Crippen MR) is 117 cm³/mol. The maximum Gasteiger partial charge on any atom is 0.304 e. The van der Waals surface area contributed by atoms with Gasteiger partial charge in [-0.3, -0.25) is 19.1 Å². The molecule has 4 rings (SSSR count). The van der Waals surface area contributed by atoms with Crippen LogP contribution in [0.1, 0.15) is 6.92 Å². The van der Waals surface area contributed by atoms with Crippen LogP contribution in [0, 0.1) is 5.95 Å². The topological polar surface area (TPSA) is 99.0 Å². The van der Waals surface area contributed by atoms with Crippen LogP contribution >= 0.6 is 0 Å². The molecule has 0 radical (unpaired) electrons. The normalized spacial score (nSPS) is 10.7. The van der Waals surface area contributed by atoms with Crippen LogP contribution < -0.4 is 5.32 Å². The molecule has 0 unspecified atom stereocenters. The fourth-order valence-corrected chi connectivity index (χ4v) is 3.25. The summed E-state index contributed by atoms with van der Waals surface area (Å²) in [5.41, 5.74) is 3.84. The number of nitrogens with one attached hydrogen (secondary N) is 1. The lowest BCUT2D eigenvalue weighted by Gasteiger charge is -2.07. The Morgan fingerprint density at radius 2 is 1.97 bits per heavy atom. The minimum absolute atomic E-state index is 0.0314. The first-order valence-corrected chi connectivity index (χ1v) is 9.57. The van der Waals surface area contributed by atoms with E-state index in [1.165, 1.54) is 31.5 Å². The molecule has 9 heteroatoms. The average Bonchev–Trinajstić information content (AvgIpc) is 3.15. The van der Waals surface area contributed by atoms with E-state index in [1.54, 1.807) is 35.3 Å². The van der Waals surface area contributed by atoms with Gasteiger partial charge < -0.3 is 10.1 Å². The maximum atomic E-state index is 13.8. The number of hydrogen-bond donors (Lipinski definition) is 1. The molecule has 32 heavy (non-hydrogen) atoms. The second-order valence-electron chi connectivity index (χ2n) is 6.90. The Morgan fingerprint density at radius 3 is 2.72 bits per heavy atom. The zero-order valence-electron chi connectivity index (χ0n) is 17.1. The van der Waals surface area contributed by atoms with Crippen molar-refractivity contribution in [3.05, 3.63) is 73.9 Å². The smallest absolute Gasteiger partial charge is 0.304 e. The summed E-state index contributed by atoms with van der Waals surface area (Å²) in [5, 5.41) is 3.40. The number of nitrogens with zero attached hydrogens (tertiary/aromatic N) is 4. The molecule has 0 aliphatic carbocycles. The van der Waals surface area contributed by atoms with Crippen molar-refractivity contribution in [3.63, 3.8) is 0 Å². The SMILES string of the molecule is C=CC(=O)Nc1cncc(-c2cnc3c(c2)c(-c2ccnc(F)c2)cn3COC(C)=O)c1. The molecular formula is C23H18FN5O3. The average molecular weight is 431 g/mol. The van der Waals surface area contributed by atoms with E-state index in [0.29, 0.717) is 22.5 Å². The highest BCUT2D eigenvalue weighted by atomic mass is 19.1. The third-order valence-electron chi connectivity index (χ3n) is 4.68. The van der Waals surface area contributed by atoms with Crippen LogP contribution in [-0.4, -0.2) is 31.4 Å². The summed E-state index contributed by atoms with van der Waals surface area (Å²) in [7, 11) is 0. The number of halogens is 1. The van der Waals surface area contributed by atoms with Gasteiger partial charge in [-0.1, -0.05) is 6.58 Å². The van der Waals surface area contributed by atoms with Gasteiger partial charge >= 0.3 is 5.97 Å². The van der Waals surface area contributed by atoms with Crippen LogP contribution in [0.5, 0.6) is 0 Å². The van der Waals surface area contributed by atoms with Crippen LogP contribution in [0.4, 0.5) is 10.1 Å². The Kier molecular flexibility index (Phi) is 5.71. The van der Waals surface area contributed by atoms with Crippen molar-refractivity contribution in [2.45, 2.75) is 13.7 Å². The van der Waals surface area contributed by atoms with Crippen LogP contribution in [-0.2, 0) is 21.1 Å². The molecule has 8 nitrogen and oxygen atoms in total. The highest BCUT2D eigenvalue weighted by molar-refractivity contribution is 5.99. The standard InChI is InChI=1S/C23H18FN5O3/c1-3-22(31)28-18-6-16(9-25-11-18)17-7-19-20(15-4-5-26-21(24)8-15)12-29(13-32-14(2)30)23(19)27-10-17/h3-12H,1,13H2,2H3,(H,28,31). The summed E-state index contributed by atoms with van der Waals surface area (Å²) in [5.74, 6) is -1.38. The molecule has 0 atom stereocenters. The number of rotatable bonds is 6. The Morgan fingerprint density at radius 1 is 1.16 bits per heavy atom. The fourth-order valence-electron chi connectivity index (χ4n) is 3.25. The van der Waals surface area contributed by atoms with E-state index < -0.39 is 11.9 Å². The van der Waals surface area contributed by atoms with Gasteiger partial charge in [0.2, 0.25) is 11.9 Å². The molecule has 0 aromatic carbocycles. The summed E-state index contributed by atoms with van der Waals surface area (Å²) in [6.07, 6.45) is 9.13. The lowest BCUT2D eigenvalue weighted by molar-refractivity contribution is -0.144. The zero-order chi connectivity index (χ0) is 22.7. The van der Waals surface area contributed by atoms with E-state index in [4.69, 9.17) is 4.74 Å². The molecule has 4 heterocycles.